The quantitative estimate of drug-likeness (QED) is 0.517. The Hall–Kier alpha value is -1.18. The van der Waals surface area contributed by atoms with Crippen LogP contribution in [0.2, 0.25) is 0 Å². The molecule has 7 heteroatoms. The lowest BCUT2D eigenvalue weighted by Gasteiger charge is -2.24. The van der Waals surface area contributed by atoms with Gasteiger partial charge in [0, 0.05) is 20.1 Å². The molecule has 4 N–H and O–H groups in total. The van der Waals surface area contributed by atoms with Gasteiger partial charge in [-0.25, -0.2) is 4.79 Å². The van der Waals surface area contributed by atoms with Crippen molar-refractivity contribution >= 4 is 11.9 Å². The van der Waals surface area contributed by atoms with Crippen molar-refractivity contribution in [1.82, 2.24) is 4.90 Å². The molecule has 3 unspecified atom stereocenters. The number of ether oxygens (including phenoxy) is 1. The molecule has 16 heavy (non-hydrogen) atoms. The van der Waals surface area contributed by atoms with Gasteiger partial charge in [0.15, 0.2) is 0 Å². The topological polar surface area (TPSA) is 113 Å². The van der Waals surface area contributed by atoms with Crippen molar-refractivity contribution in [3.8, 4) is 0 Å². The molecule has 1 aliphatic rings. The first-order valence-corrected chi connectivity index (χ1v) is 4.93. The van der Waals surface area contributed by atoms with Crippen LogP contribution in [0.5, 0.6) is 0 Å². The van der Waals surface area contributed by atoms with Crippen molar-refractivity contribution in [2.45, 2.75) is 24.6 Å². The van der Waals surface area contributed by atoms with Crippen molar-refractivity contribution in [3.63, 3.8) is 0 Å². The monoisotopic (exact) mass is 232 g/mol. The van der Waals surface area contributed by atoms with Gasteiger partial charge in [-0.3, -0.25) is 4.79 Å². The van der Waals surface area contributed by atoms with E-state index in [4.69, 9.17) is 15.6 Å². The first-order chi connectivity index (χ1) is 7.47. The maximum Gasteiger partial charge on any atom is 0.326 e. The number of nitrogens with two attached hydrogens (primary N) is 1. The molecule has 0 aromatic rings. The van der Waals surface area contributed by atoms with Crippen LogP contribution in [0.3, 0.4) is 0 Å². The lowest BCUT2D eigenvalue weighted by molar-refractivity contribution is -0.149. The molecule has 1 rings (SSSR count). The van der Waals surface area contributed by atoms with Gasteiger partial charge in [0.05, 0.1) is 12.7 Å². The summed E-state index contributed by atoms with van der Waals surface area (Å²) < 4.78 is 4.72. The summed E-state index contributed by atoms with van der Waals surface area (Å²) in [5.74, 6) is -1.64. The number of carboxylic acid groups (broad SMARTS) is 1. The fourth-order valence-corrected chi connectivity index (χ4v) is 1.76. The predicted molar refractivity (Wildman–Crippen MR) is 53.6 cm³/mol. The number of carbonyl (C=O) groups excluding carboxylic acids is 1. The number of hydrogen-bond donors (Lipinski definition) is 3. The number of rotatable bonds is 4. The summed E-state index contributed by atoms with van der Waals surface area (Å²) in [4.78, 5) is 23.7. The number of hydrogen-bond acceptors (Lipinski definition) is 5. The Balaban J connectivity index is 2.70. The lowest BCUT2D eigenvalue weighted by Crippen LogP contribution is -2.50. The van der Waals surface area contributed by atoms with Gasteiger partial charge in [-0.15, -0.1) is 0 Å². The minimum atomic E-state index is -1.13. The van der Waals surface area contributed by atoms with Gasteiger partial charge in [0.25, 0.3) is 0 Å². The van der Waals surface area contributed by atoms with Gasteiger partial charge in [-0.1, -0.05) is 0 Å². The Morgan fingerprint density at radius 3 is 2.75 bits per heavy atom. The second-order valence-electron chi connectivity index (χ2n) is 3.80. The van der Waals surface area contributed by atoms with E-state index in [9.17, 15) is 14.7 Å². The average molecular weight is 232 g/mol. The van der Waals surface area contributed by atoms with Crippen LogP contribution >= 0.6 is 0 Å². The zero-order valence-electron chi connectivity index (χ0n) is 9.00. The number of carbonyl (C=O) groups is 2. The molecule has 3 atom stereocenters. The van der Waals surface area contributed by atoms with Gasteiger partial charge in [-0.05, 0) is 0 Å². The molecule has 1 fully saturated rings. The summed E-state index contributed by atoms with van der Waals surface area (Å²) in [7, 11) is 1.40. The van der Waals surface area contributed by atoms with E-state index >= 15 is 0 Å². The third-order valence-corrected chi connectivity index (χ3v) is 2.51. The Kier molecular flexibility index (Phi) is 4.22. The highest BCUT2D eigenvalue weighted by Crippen LogP contribution is 2.18. The van der Waals surface area contributed by atoms with E-state index in [1.165, 1.54) is 7.11 Å². The molecule has 0 spiro atoms. The smallest absolute Gasteiger partial charge is 0.326 e. The van der Waals surface area contributed by atoms with Gasteiger partial charge >= 0.3 is 5.97 Å². The Morgan fingerprint density at radius 2 is 2.25 bits per heavy atom. The fraction of sp³-hybridized carbons (Fsp3) is 0.778. The van der Waals surface area contributed by atoms with E-state index in [-0.39, 0.29) is 19.6 Å². The summed E-state index contributed by atoms with van der Waals surface area (Å²) in [6, 6.07) is -1.89. The number of β-amino-alcohol motifs (C(OH)–C–C–N with tert-alkyl or cyclic N) is 1. The SMILES string of the molecule is COCC(N)C(=O)N1CC(O)CC1C(=O)O. The number of carboxylic acids is 1. The zero-order chi connectivity index (χ0) is 12.3. The summed E-state index contributed by atoms with van der Waals surface area (Å²) >= 11 is 0. The highest BCUT2D eigenvalue weighted by atomic mass is 16.5. The summed E-state index contributed by atoms with van der Waals surface area (Å²) in [5, 5.41) is 18.2. The maximum absolute atomic E-state index is 11.7. The zero-order valence-corrected chi connectivity index (χ0v) is 9.00. The van der Waals surface area contributed by atoms with Crippen molar-refractivity contribution in [3.05, 3.63) is 0 Å². The molecule has 0 aliphatic carbocycles. The minimum absolute atomic E-state index is 0.00716. The molecule has 0 saturated carbocycles. The number of aliphatic carboxylic acids is 1. The third-order valence-electron chi connectivity index (χ3n) is 2.51. The van der Waals surface area contributed by atoms with E-state index in [1.54, 1.807) is 0 Å². The van der Waals surface area contributed by atoms with Crippen LogP contribution in [-0.2, 0) is 14.3 Å². The van der Waals surface area contributed by atoms with Gasteiger partial charge < -0.3 is 25.6 Å². The summed E-state index contributed by atoms with van der Waals surface area (Å²) in [6.45, 7) is 0.0327. The molecule has 1 heterocycles. The third kappa shape index (κ3) is 2.69. The highest BCUT2D eigenvalue weighted by Gasteiger charge is 2.40. The maximum atomic E-state index is 11.7. The Morgan fingerprint density at radius 1 is 1.62 bits per heavy atom. The number of likely N-dealkylation sites (tertiary alicyclic amines) is 1. The summed E-state index contributed by atoms with van der Waals surface area (Å²) in [6.07, 6.45) is -0.763. The van der Waals surface area contributed by atoms with Gasteiger partial charge in [0.1, 0.15) is 12.1 Å². The predicted octanol–water partition coefficient (Wildman–Crippen LogP) is -1.99. The standard InChI is InChI=1S/C9H16N2O5/c1-16-4-6(10)8(13)11-3-5(12)2-7(11)9(14)15/h5-7,12H,2-4,10H2,1H3,(H,14,15). The average Bonchev–Trinajstić information content (AvgIpc) is 2.59. The second-order valence-corrected chi connectivity index (χ2v) is 3.80. The van der Waals surface area contributed by atoms with Crippen LogP contribution in [-0.4, -0.2) is 65.4 Å². The number of amides is 1. The molecule has 1 aliphatic heterocycles. The molecule has 1 saturated heterocycles. The number of methoxy groups -OCH3 is 1. The molecule has 7 nitrogen and oxygen atoms in total. The second kappa shape index (κ2) is 5.24. The van der Waals surface area contributed by atoms with E-state index in [0.717, 1.165) is 4.90 Å². The van der Waals surface area contributed by atoms with Crippen LogP contribution in [0.4, 0.5) is 0 Å². The first-order valence-electron chi connectivity index (χ1n) is 4.93. The molecular formula is C9H16N2O5. The van der Waals surface area contributed by atoms with Crippen LogP contribution in [0.25, 0.3) is 0 Å². The molecule has 92 valence electrons. The van der Waals surface area contributed by atoms with Crippen LogP contribution in [0.15, 0.2) is 0 Å². The summed E-state index contributed by atoms with van der Waals surface area (Å²) in [5.41, 5.74) is 5.52. The van der Waals surface area contributed by atoms with E-state index in [0.29, 0.717) is 0 Å². The first kappa shape index (κ1) is 12.9. The van der Waals surface area contributed by atoms with Crippen molar-refractivity contribution in [2.24, 2.45) is 5.73 Å². The Bertz CT molecular complexity index is 283. The van der Waals surface area contributed by atoms with E-state index in [1.807, 2.05) is 0 Å². The van der Waals surface area contributed by atoms with Crippen LogP contribution < -0.4 is 5.73 Å². The number of nitrogens with zero attached hydrogens (tertiary/aromatic N) is 1. The molecule has 0 radical (unpaired) electrons. The molecule has 0 aromatic carbocycles. The van der Waals surface area contributed by atoms with Crippen LogP contribution in [0, 0.1) is 0 Å². The van der Waals surface area contributed by atoms with Crippen molar-refractivity contribution < 1.29 is 24.5 Å². The van der Waals surface area contributed by atoms with Crippen molar-refractivity contribution in [1.29, 1.82) is 0 Å². The number of aliphatic hydroxyl groups excluding tert-OH is 1. The Labute approximate surface area is 92.8 Å². The molecule has 0 aromatic heterocycles. The molecule has 1 amide bonds. The van der Waals surface area contributed by atoms with Crippen LogP contribution in [0.1, 0.15) is 6.42 Å². The lowest BCUT2D eigenvalue weighted by atomic mass is 10.2. The van der Waals surface area contributed by atoms with E-state index < -0.39 is 30.1 Å². The van der Waals surface area contributed by atoms with Gasteiger partial charge in [0.2, 0.25) is 5.91 Å². The highest BCUT2D eigenvalue weighted by molar-refractivity contribution is 5.87. The molecular weight excluding hydrogens is 216 g/mol. The molecule has 0 bridgehead atoms. The van der Waals surface area contributed by atoms with Crippen molar-refractivity contribution in [2.75, 3.05) is 20.3 Å². The fourth-order valence-electron chi connectivity index (χ4n) is 1.76. The number of aliphatic hydroxyl groups is 1. The largest absolute Gasteiger partial charge is 0.480 e. The van der Waals surface area contributed by atoms with E-state index in [2.05, 4.69) is 0 Å². The minimum Gasteiger partial charge on any atom is -0.480 e. The normalized spacial score (nSPS) is 26.8. The van der Waals surface area contributed by atoms with Gasteiger partial charge in [-0.2, -0.15) is 0 Å².